The summed E-state index contributed by atoms with van der Waals surface area (Å²) in [5, 5.41) is 42.3. The van der Waals surface area contributed by atoms with Crippen molar-refractivity contribution in [3.05, 3.63) is 216 Å². The van der Waals surface area contributed by atoms with Crippen molar-refractivity contribution in [3.63, 3.8) is 0 Å². The zero-order valence-corrected chi connectivity index (χ0v) is 34.1. The molecule has 0 unspecified atom stereocenters. The van der Waals surface area contributed by atoms with Crippen LogP contribution >= 0.6 is 0 Å². The summed E-state index contributed by atoms with van der Waals surface area (Å²) in [7, 11) is 0. The number of rotatable bonds is 8. The molecule has 10 aromatic rings. The molecule has 0 aliphatic rings. The zero-order valence-electron chi connectivity index (χ0n) is 34.1. The third-order valence-corrected chi connectivity index (χ3v) is 11.3. The highest BCUT2D eigenvalue weighted by Gasteiger charge is 2.20. The quantitative estimate of drug-likeness (QED) is 0.149. The van der Waals surface area contributed by atoms with E-state index in [0.717, 1.165) is 55.7 Å². The minimum atomic E-state index is 0.325. The second-order valence-electron chi connectivity index (χ2n) is 15.1. The number of aromatic nitrogens is 3. The van der Waals surface area contributed by atoms with Crippen molar-refractivity contribution in [1.29, 1.82) is 21.0 Å². The molecule has 10 rings (SSSR count). The number of para-hydroxylation sites is 3. The van der Waals surface area contributed by atoms with Gasteiger partial charge in [0, 0.05) is 55.8 Å². The molecule has 296 valence electrons. The Bertz CT molecular complexity index is 3420. The van der Waals surface area contributed by atoms with Gasteiger partial charge < -0.3 is 9.47 Å². The van der Waals surface area contributed by atoms with E-state index in [2.05, 4.69) is 119 Å². The maximum Gasteiger partial charge on any atom is 0.160 e. The number of benzene rings is 8. The number of anilines is 3. The molecule has 0 atom stereocenters. The first-order valence-electron chi connectivity index (χ1n) is 20.5. The molecule has 0 radical (unpaired) electrons. The van der Waals surface area contributed by atoms with Crippen LogP contribution in [-0.2, 0) is 0 Å². The predicted molar refractivity (Wildman–Crippen MR) is 252 cm³/mol. The van der Waals surface area contributed by atoms with Crippen LogP contribution in [0.15, 0.2) is 194 Å². The average molecular weight is 817 g/mol. The fraction of sp³-hybridized carbons (Fsp3) is 0. The van der Waals surface area contributed by atoms with Crippen molar-refractivity contribution in [1.82, 2.24) is 14.5 Å². The molecule has 0 bridgehead atoms. The van der Waals surface area contributed by atoms with Crippen molar-refractivity contribution >= 4 is 38.9 Å². The van der Waals surface area contributed by atoms with Crippen LogP contribution in [0.25, 0.3) is 72.5 Å². The number of hydrogen-bond acceptors (Lipinski definition) is 7. The van der Waals surface area contributed by atoms with E-state index in [1.807, 2.05) is 60.7 Å². The van der Waals surface area contributed by atoms with Gasteiger partial charge in [-0.3, -0.25) is 0 Å². The van der Waals surface area contributed by atoms with E-state index >= 15 is 0 Å². The van der Waals surface area contributed by atoms with Crippen LogP contribution in [0.5, 0.6) is 0 Å². The Morgan fingerprint density at radius 3 is 1.48 bits per heavy atom. The Balaban J connectivity index is 1.05. The lowest BCUT2D eigenvalue weighted by Gasteiger charge is -2.25. The third-order valence-electron chi connectivity index (χ3n) is 11.3. The van der Waals surface area contributed by atoms with Crippen LogP contribution in [0.1, 0.15) is 22.3 Å². The van der Waals surface area contributed by atoms with Gasteiger partial charge in [-0.05, 0) is 121 Å². The molecule has 2 aromatic heterocycles. The number of fused-ring (bicyclic) bond motifs is 3. The molecule has 8 heteroatoms. The van der Waals surface area contributed by atoms with E-state index in [1.165, 1.54) is 0 Å². The minimum Gasteiger partial charge on any atom is -0.310 e. The molecule has 8 nitrogen and oxygen atoms in total. The summed E-state index contributed by atoms with van der Waals surface area (Å²) in [6, 6.07) is 72.1. The molecule has 0 saturated carbocycles. The van der Waals surface area contributed by atoms with E-state index in [9.17, 15) is 21.0 Å². The highest BCUT2D eigenvalue weighted by atomic mass is 15.1. The maximum absolute atomic E-state index is 10.6. The van der Waals surface area contributed by atoms with Gasteiger partial charge in [0.1, 0.15) is 0 Å². The first-order valence-corrected chi connectivity index (χ1v) is 20.5. The average Bonchev–Trinajstić information content (AvgIpc) is 3.70. The Morgan fingerprint density at radius 2 is 0.906 bits per heavy atom. The lowest BCUT2D eigenvalue weighted by Crippen LogP contribution is -2.09. The van der Waals surface area contributed by atoms with Crippen LogP contribution in [0, 0.1) is 45.3 Å². The standard InChI is InChI=1S/C56H32N8/c57-33-37-15-19-39(20-16-37)51-32-52(62-56(61-51)41-21-17-38(34-58)18-22-41)42-29-43(35-59)55(44(30-42)36-60)40-23-25-47(26-24-40)64-53-14-8-7-13-49(53)50-31-48(27-28-54(50)64)63(45-9-3-1-4-10-45)46-11-5-2-6-12-46/h1-32H. The van der Waals surface area contributed by atoms with E-state index in [1.54, 1.807) is 48.5 Å². The highest BCUT2D eigenvalue weighted by Crippen LogP contribution is 2.40. The van der Waals surface area contributed by atoms with E-state index in [4.69, 9.17) is 9.97 Å². The Labute approximate surface area is 369 Å². The Morgan fingerprint density at radius 1 is 0.391 bits per heavy atom. The lowest BCUT2D eigenvalue weighted by atomic mass is 9.92. The predicted octanol–water partition coefficient (Wildman–Crippen LogP) is 13.2. The topological polar surface area (TPSA) is 129 Å². The van der Waals surface area contributed by atoms with Gasteiger partial charge in [-0.15, -0.1) is 0 Å². The highest BCUT2D eigenvalue weighted by molar-refractivity contribution is 6.10. The van der Waals surface area contributed by atoms with Crippen LogP contribution in [0.3, 0.4) is 0 Å². The molecule has 0 aliphatic heterocycles. The van der Waals surface area contributed by atoms with Gasteiger partial charge in [0.15, 0.2) is 5.82 Å². The first-order chi connectivity index (χ1) is 31.5. The molecule has 0 spiro atoms. The molecule has 0 amide bonds. The normalized spacial score (nSPS) is 10.8. The van der Waals surface area contributed by atoms with Crippen molar-refractivity contribution in [2.45, 2.75) is 0 Å². The summed E-state index contributed by atoms with van der Waals surface area (Å²) in [6.07, 6.45) is 0. The zero-order chi connectivity index (χ0) is 43.6. The van der Waals surface area contributed by atoms with Gasteiger partial charge in [0.25, 0.3) is 0 Å². The van der Waals surface area contributed by atoms with Crippen LogP contribution in [0.4, 0.5) is 17.1 Å². The fourth-order valence-corrected chi connectivity index (χ4v) is 8.32. The van der Waals surface area contributed by atoms with Gasteiger partial charge in [-0.2, -0.15) is 21.0 Å². The molecule has 0 N–H and O–H groups in total. The third kappa shape index (κ3) is 7.02. The molecule has 64 heavy (non-hydrogen) atoms. The minimum absolute atomic E-state index is 0.325. The SMILES string of the molecule is N#Cc1ccc(-c2cc(-c3cc(C#N)c(-c4ccc(-n5c6ccccc6c6cc(N(c7ccccc7)c7ccccc7)ccc65)cc4)c(C#N)c3)nc(-c3ccc(C#N)cc3)n2)cc1. The van der Waals surface area contributed by atoms with Gasteiger partial charge >= 0.3 is 0 Å². The summed E-state index contributed by atoms with van der Waals surface area (Å²) < 4.78 is 2.25. The van der Waals surface area contributed by atoms with Gasteiger partial charge in [0.2, 0.25) is 0 Å². The molecule has 0 fully saturated rings. The largest absolute Gasteiger partial charge is 0.310 e. The smallest absolute Gasteiger partial charge is 0.160 e. The lowest BCUT2D eigenvalue weighted by molar-refractivity contribution is 1.18. The Kier molecular flexibility index (Phi) is 9.92. The maximum atomic E-state index is 10.6. The summed E-state index contributed by atoms with van der Waals surface area (Å²) >= 11 is 0. The van der Waals surface area contributed by atoms with E-state index in [0.29, 0.717) is 56.2 Å². The van der Waals surface area contributed by atoms with Crippen molar-refractivity contribution in [3.8, 4) is 75.0 Å². The monoisotopic (exact) mass is 816 g/mol. The van der Waals surface area contributed by atoms with E-state index in [-0.39, 0.29) is 0 Å². The molecule has 0 aliphatic carbocycles. The number of nitriles is 4. The number of hydrogen-bond donors (Lipinski definition) is 0. The van der Waals surface area contributed by atoms with Crippen molar-refractivity contribution < 1.29 is 0 Å². The Hall–Kier alpha value is -9.60. The van der Waals surface area contributed by atoms with Crippen LogP contribution in [-0.4, -0.2) is 14.5 Å². The molecule has 0 saturated heterocycles. The molecular formula is C56H32N8. The fourth-order valence-electron chi connectivity index (χ4n) is 8.32. The van der Waals surface area contributed by atoms with Gasteiger partial charge in [0.05, 0.1) is 69.0 Å². The van der Waals surface area contributed by atoms with Crippen LogP contribution < -0.4 is 4.90 Å². The second kappa shape index (κ2) is 16.5. The van der Waals surface area contributed by atoms with Crippen LogP contribution in [0.2, 0.25) is 0 Å². The number of nitrogens with zero attached hydrogens (tertiary/aromatic N) is 8. The molecule has 8 aromatic carbocycles. The van der Waals surface area contributed by atoms with Crippen molar-refractivity contribution in [2.75, 3.05) is 4.90 Å². The second-order valence-corrected chi connectivity index (χ2v) is 15.1. The van der Waals surface area contributed by atoms with Crippen molar-refractivity contribution in [2.24, 2.45) is 0 Å². The van der Waals surface area contributed by atoms with E-state index < -0.39 is 0 Å². The summed E-state index contributed by atoms with van der Waals surface area (Å²) in [5.74, 6) is 0.407. The molecule has 2 heterocycles. The molecular weight excluding hydrogens is 785 g/mol. The van der Waals surface area contributed by atoms with Gasteiger partial charge in [-0.25, -0.2) is 9.97 Å². The summed E-state index contributed by atoms with van der Waals surface area (Å²) in [5.41, 5.74) is 12.3. The van der Waals surface area contributed by atoms with Gasteiger partial charge in [-0.1, -0.05) is 78.9 Å². The summed E-state index contributed by atoms with van der Waals surface area (Å²) in [4.78, 5) is 12.0. The first kappa shape index (κ1) is 38.6. The summed E-state index contributed by atoms with van der Waals surface area (Å²) in [6.45, 7) is 0.